The van der Waals surface area contributed by atoms with E-state index in [0.29, 0.717) is 13.2 Å². The molecule has 1 fully saturated rings. The number of hydrogen-bond acceptors (Lipinski definition) is 5. The molecule has 6 heteroatoms. The molecule has 0 radical (unpaired) electrons. The van der Waals surface area contributed by atoms with Gasteiger partial charge in [0.2, 0.25) is 0 Å². The van der Waals surface area contributed by atoms with Crippen LogP contribution in [-0.4, -0.2) is 25.3 Å². The van der Waals surface area contributed by atoms with Crippen molar-refractivity contribution >= 4 is 6.09 Å². The molecule has 22 heavy (non-hydrogen) atoms. The third-order valence-corrected chi connectivity index (χ3v) is 3.25. The maximum absolute atomic E-state index is 11.7. The summed E-state index contributed by atoms with van der Waals surface area (Å²) < 4.78 is 21.2. The van der Waals surface area contributed by atoms with Crippen LogP contribution in [0.1, 0.15) is 17.4 Å². The van der Waals surface area contributed by atoms with Crippen LogP contribution < -0.4 is 5.32 Å². The van der Waals surface area contributed by atoms with Gasteiger partial charge in [0.05, 0.1) is 31.8 Å². The van der Waals surface area contributed by atoms with Gasteiger partial charge in [-0.25, -0.2) is 4.79 Å². The lowest BCUT2D eigenvalue weighted by Crippen LogP contribution is -2.45. The summed E-state index contributed by atoms with van der Waals surface area (Å²) in [6.07, 6.45) is 2.21. The van der Waals surface area contributed by atoms with Crippen LogP contribution >= 0.6 is 0 Å². The summed E-state index contributed by atoms with van der Waals surface area (Å²) in [7, 11) is 0. The number of nitrogens with one attached hydrogen (secondary N) is 1. The summed E-state index contributed by atoms with van der Waals surface area (Å²) >= 11 is 0. The van der Waals surface area contributed by atoms with Crippen molar-refractivity contribution in [3.05, 3.63) is 60.1 Å². The second-order valence-corrected chi connectivity index (χ2v) is 4.96. The Morgan fingerprint density at radius 1 is 1.18 bits per heavy atom. The predicted octanol–water partition coefficient (Wildman–Crippen LogP) is 2.62. The third kappa shape index (κ3) is 3.87. The van der Waals surface area contributed by atoms with Crippen molar-refractivity contribution < 1.29 is 23.4 Å². The molecule has 1 amide bonds. The first-order valence-corrected chi connectivity index (χ1v) is 7.04. The number of hydrogen-bond donors (Lipinski definition) is 1. The highest BCUT2D eigenvalue weighted by atomic mass is 16.7. The van der Waals surface area contributed by atoms with Crippen molar-refractivity contribution in [2.75, 3.05) is 13.2 Å². The Morgan fingerprint density at radius 2 is 1.95 bits per heavy atom. The molecule has 0 bridgehead atoms. The lowest BCUT2D eigenvalue weighted by atomic mass is 10.2. The topological polar surface area (TPSA) is 69.9 Å². The minimum absolute atomic E-state index is 0.230. The first kappa shape index (κ1) is 14.6. The summed E-state index contributed by atoms with van der Waals surface area (Å²) in [5, 5.41) is 2.72. The molecular formula is C16H17NO5. The number of ether oxygens (including phenoxy) is 3. The molecular weight excluding hydrogens is 286 g/mol. The molecule has 116 valence electrons. The van der Waals surface area contributed by atoms with Gasteiger partial charge in [-0.15, -0.1) is 0 Å². The number of carbonyl (C=O) groups excluding carboxylic acids is 1. The molecule has 1 saturated heterocycles. The van der Waals surface area contributed by atoms with E-state index in [-0.39, 0.29) is 12.6 Å². The van der Waals surface area contributed by atoms with E-state index in [1.54, 1.807) is 18.6 Å². The Balaban J connectivity index is 1.40. The van der Waals surface area contributed by atoms with Gasteiger partial charge in [0, 0.05) is 5.56 Å². The molecule has 0 spiro atoms. The van der Waals surface area contributed by atoms with Crippen LogP contribution in [0.4, 0.5) is 4.79 Å². The largest absolute Gasteiger partial charge is 0.472 e. The average molecular weight is 303 g/mol. The Labute approximate surface area is 128 Å². The van der Waals surface area contributed by atoms with E-state index in [9.17, 15) is 4.79 Å². The zero-order valence-corrected chi connectivity index (χ0v) is 11.9. The van der Waals surface area contributed by atoms with Crippen LogP contribution in [0.5, 0.6) is 0 Å². The van der Waals surface area contributed by atoms with Crippen molar-refractivity contribution in [1.82, 2.24) is 5.32 Å². The maximum Gasteiger partial charge on any atom is 0.407 e. The Bertz CT molecular complexity index is 576. The molecule has 1 aliphatic heterocycles. The summed E-state index contributed by atoms with van der Waals surface area (Å²) in [4.78, 5) is 11.7. The van der Waals surface area contributed by atoms with Crippen LogP contribution in [-0.2, 0) is 20.8 Å². The van der Waals surface area contributed by atoms with Crippen LogP contribution in [0.15, 0.2) is 53.3 Å². The fraction of sp³-hybridized carbons (Fsp3) is 0.312. The number of rotatable bonds is 4. The number of furan rings is 1. The van der Waals surface area contributed by atoms with Gasteiger partial charge in [0.15, 0.2) is 6.29 Å². The van der Waals surface area contributed by atoms with Crippen LogP contribution in [0.2, 0.25) is 0 Å². The summed E-state index contributed by atoms with van der Waals surface area (Å²) in [5.74, 6) is 0. The average Bonchev–Trinajstić information content (AvgIpc) is 3.09. The number of benzene rings is 1. The molecule has 1 aromatic heterocycles. The molecule has 6 nitrogen and oxygen atoms in total. The molecule has 0 atom stereocenters. The lowest BCUT2D eigenvalue weighted by molar-refractivity contribution is -0.193. The minimum atomic E-state index is -0.484. The summed E-state index contributed by atoms with van der Waals surface area (Å²) in [5.41, 5.74) is 1.76. The van der Waals surface area contributed by atoms with Gasteiger partial charge < -0.3 is 23.9 Å². The van der Waals surface area contributed by atoms with Gasteiger partial charge in [-0.2, -0.15) is 0 Å². The summed E-state index contributed by atoms with van der Waals surface area (Å²) in [6.45, 7) is 0.950. The molecule has 0 aliphatic carbocycles. The molecule has 1 N–H and O–H groups in total. The first-order chi connectivity index (χ1) is 10.8. The van der Waals surface area contributed by atoms with E-state index in [1.165, 1.54) is 0 Å². The predicted molar refractivity (Wildman–Crippen MR) is 76.9 cm³/mol. The lowest BCUT2D eigenvalue weighted by Gasteiger charge is -2.29. The molecule has 0 unspecified atom stereocenters. The number of amides is 1. The van der Waals surface area contributed by atoms with E-state index in [1.807, 2.05) is 30.3 Å². The number of carbonyl (C=O) groups is 1. The van der Waals surface area contributed by atoms with Crippen LogP contribution in [0.3, 0.4) is 0 Å². The maximum atomic E-state index is 11.7. The molecule has 1 aliphatic rings. The Morgan fingerprint density at radius 3 is 2.64 bits per heavy atom. The van der Waals surface area contributed by atoms with E-state index in [2.05, 4.69) is 5.32 Å². The van der Waals surface area contributed by atoms with Crippen LogP contribution in [0, 0.1) is 0 Å². The second kappa shape index (κ2) is 7.11. The van der Waals surface area contributed by atoms with Crippen molar-refractivity contribution in [3.8, 4) is 0 Å². The van der Waals surface area contributed by atoms with Crippen molar-refractivity contribution in [3.63, 3.8) is 0 Å². The fourth-order valence-corrected chi connectivity index (χ4v) is 2.12. The van der Waals surface area contributed by atoms with Crippen molar-refractivity contribution in [1.29, 1.82) is 0 Å². The monoisotopic (exact) mass is 303 g/mol. The number of alkyl carbamates (subject to hydrolysis) is 1. The zero-order valence-electron chi connectivity index (χ0n) is 11.9. The van der Waals surface area contributed by atoms with Crippen LogP contribution in [0.25, 0.3) is 0 Å². The van der Waals surface area contributed by atoms with Gasteiger partial charge in [-0.1, -0.05) is 30.3 Å². The second-order valence-electron chi connectivity index (χ2n) is 4.96. The van der Waals surface area contributed by atoms with Crippen molar-refractivity contribution in [2.45, 2.75) is 18.9 Å². The first-order valence-electron chi connectivity index (χ1n) is 7.04. The highest BCUT2D eigenvalue weighted by Crippen LogP contribution is 2.23. The molecule has 1 aromatic carbocycles. The third-order valence-electron chi connectivity index (χ3n) is 3.25. The van der Waals surface area contributed by atoms with Gasteiger partial charge in [-0.3, -0.25) is 0 Å². The standard InChI is InChI=1S/C16H17NO5/c18-16(22-8-12-4-2-1-3-5-12)17-14-10-20-15(21-11-14)13-6-7-19-9-13/h1-7,9,14-15H,8,10-11H2,(H,17,18). The molecule has 3 rings (SSSR count). The highest BCUT2D eigenvalue weighted by molar-refractivity contribution is 5.67. The molecule has 0 saturated carbocycles. The quantitative estimate of drug-likeness (QED) is 0.940. The Hall–Kier alpha value is -2.31. The highest BCUT2D eigenvalue weighted by Gasteiger charge is 2.25. The SMILES string of the molecule is O=C(NC1COC(c2ccoc2)OC1)OCc1ccccc1. The molecule has 2 aromatic rings. The normalized spacial score (nSPS) is 21.3. The Kier molecular flexibility index (Phi) is 4.72. The molecule has 2 heterocycles. The smallest absolute Gasteiger partial charge is 0.407 e. The van der Waals surface area contributed by atoms with Gasteiger partial charge in [0.25, 0.3) is 0 Å². The zero-order chi connectivity index (χ0) is 15.2. The van der Waals surface area contributed by atoms with Crippen molar-refractivity contribution in [2.24, 2.45) is 0 Å². The van der Waals surface area contributed by atoms with E-state index < -0.39 is 12.4 Å². The fourth-order valence-electron chi connectivity index (χ4n) is 2.12. The minimum Gasteiger partial charge on any atom is -0.472 e. The van der Waals surface area contributed by atoms with Gasteiger partial charge in [0.1, 0.15) is 6.61 Å². The van der Waals surface area contributed by atoms with Gasteiger partial charge in [-0.05, 0) is 11.6 Å². The van der Waals surface area contributed by atoms with Gasteiger partial charge >= 0.3 is 6.09 Å². The van der Waals surface area contributed by atoms with E-state index in [4.69, 9.17) is 18.6 Å². The summed E-state index contributed by atoms with van der Waals surface area (Å²) in [6, 6.07) is 11.1. The van der Waals surface area contributed by atoms with E-state index >= 15 is 0 Å². The van der Waals surface area contributed by atoms with E-state index in [0.717, 1.165) is 11.1 Å².